The Balaban J connectivity index is 2.98. The Labute approximate surface area is 64.3 Å². The van der Waals surface area contributed by atoms with Crippen LogP contribution in [0.2, 0.25) is 0 Å². The molecule has 2 nitrogen and oxygen atoms in total. The lowest BCUT2D eigenvalue weighted by atomic mass is 10.2. The number of rotatable bonds is 1. The van der Waals surface area contributed by atoms with Gasteiger partial charge in [-0.3, -0.25) is 5.32 Å². The van der Waals surface area contributed by atoms with Crippen LogP contribution in [-0.2, 0) is 0 Å². The lowest BCUT2D eigenvalue weighted by molar-refractivity contribution is 0.619. The second-order valence-electron chi connectivity index (χ2n) is 2.20. The van der Waals surface area contributed by atoms with Crippen molar-refractivity contribution >= 4 is 5.69 Å². The highest BCUT2D eigenvalue weighted by Crippen LogP contribution is 2.12. The Morgan fingerprint density at radius 3 is 2.82 bits per heavy atom. The van der Waals surface area contributed by atoms with Gasteiger partial charge in [-0.15, -0.1) is 0 Å². The Hall–Kier alpha value is -1.56. The number of nitrogens with zero attached hydrogens (tertiary/aromatic N) is 1. The first-order valence-electron chi connectivity index (χ1n) is 3.15. The molecule has 0 atom stereocenters. The van der Waals surface area contributed by atoms with Crippen molar-refractivity contribution in [2.75, 3.05) is 5.32 Å². The molecule has 0 fully saturated rings. The summed E-state index contributed by atoms with van der Waals surface area (Å²) in [4.78, 5) is 0. The molecule has 1 aromatic carbocycles. The molecule has 1 N–H and O–H groups in total. The van der Waals surface area contributed by atoms with Crippen molar-refractivity contribution in [3.05, 3.63) is 29.6 Å². The van der Waals surface area contributed by atoms with Crippen LogP contribution in [0, 0.1) is 24.2 Å². The van der Waals surface area contributed by atoms with Gasteiger partial charge in [0, 0.05) is 0 Å². The van der Waals surface area contributed by atoms with Gasteiger partial charge in [-0.1, -0.05) is 6.07 Å². The van der Waals surface area contributed by atoms with E-state index in [0.29, 0.717) is 11.3 Å². The van der Waals surface area contributed by atoms with Crippen LogP contribution in [0.5, 0.6) is 0 Å². The normalized spacial score (nSPS) is 8.82. The van der Waals surface area contributed by atoms with Crippen LogP contribution < -0.4 is 5.32 Å². The number of nitriles is 1. The van der Waals surface area contributed by atoms with Crippen LogP contribution >= 0.6 is 0 Å². The summed E-state index contributed by atoms with van der Waals surface area (Å²) in [5.41, 5.74) is 1.06. The average molecular weight is 150 g/mol. The van der Waals surface area contributed by atoms with E-state index in [9.17, 15) is 4.39 Å². The fraction of sp³-hybridized carbons (Fsp3) is 0.125. The third kappa shape index (κ3) is 1.68. The zero-order valence-corrected chi connectivity index (χ0v) is 6.06. The van der Waals surface area contributed by atoms with Crippen molar-refractivity contribution in [3.8, 4) is 6.19 Å². The minimum Gasteiger partial charge on any atom is -0.293 e. The van der Waals surface area contributed by atoms with Crippen molar-refractivity contribution in [2.45, 2.75) is 6.92 Å². The molecule has 0 amide bonds. The SMILES string of the molecule is Cc1ccc(NC#N)cc1F. The highest BCUT2D eigenvalue weighted by molar-refractivity contribution is 5.47. The zero-order chi connectivity index (χ0) is 8.27. The number of anilines is 1. The van der Waals surface area contributed by atoms with E-state index >= 15 is 0 Å². The molecule has 0 saturated carbocycles. The second-order valence-corrected chi connectivity index (χ2v) is 2.20. The zero-order valence-electron chi connectivity index (χ0n) is 6.06. The van der Waals surface area contributed by atoms with E-state index in [4.69, 9.17) is 5.26 Å². The molecule has 0 heterocycles. The van der Waals surface area contributed by atoms with Crippen molar-refractivity contribution in [1.29, 1.82) is 5.26 Å². The molecule has 0 spiro atoms. The van der Waals surface area contributed by atoms with Gasteiger partial charge in [0.05, 0.1) is 5.69 Å². The van der Waals surface area contributed by atoms with Crippen LogP contribution in [0.15, 0.2) is 18.2 Å². The van der Waals surface area contributed by atoms with Gasteiger partial charge in [0.1, 0.15) is 5.82 Å². The van der Waals surface area contributed by atoms with Gasteiger partial charge >= 0.3 is 0 Å². The Bertz CT molecular complexity index is 301. The molecule has 0 aliphatic rings. The van der Waals surface area contributed by atoms with Gasteiger partial charge in [0.25, 0.3) is 0 Å². The van der Waals surface area contributed by atoms with Crippen LogP contribution in [0.3, 0.4) is 0 Å². The predicted molar refractivity (Wildman–Crippen MR) is 40.4 cm³/mol. The summed E-state index contributed by atoms with van der Waals surface area (Å²) in [6.07, 6.45) is 1.71. The predicted octanol–water partition coefficient (Wildman–Crippen LogP) is 2.03. The molecule has 11 heavy (non-hydrogen) atoms. The van der Waals surface area contributed by atoms with E-state index < -0.39 is 0 Å². The Kier molecular flexibility index (Phi) is 2.07. The molecular weight excluding hydrogens is 143 g/mol. The van der Waals surface area contributed by atoms with Gasteiger partial charge < -0.3 is 0 Å². The lowest BCUT2D eigenvalue weighted by Gasteiger charge is -1.98. The van der Waals surface area contributed by atoms with E-state index in [1.54, 1.807) is 25.2 Å². The third-order valence-corrected chi connectivity index (χ3v) is 1.37. The largest absolute Gasteiger partial charge is 0.293 e. The van der Waals surface area contributed by atoms with E-state index in [0.717, 1.165) is 0 Å². The standard InChI is InChI=1S/C8H7FN2/c1-6-2-3-7(11-5-10)4-8(6)9/h2-4,11H,1H3. The molecule has 0 saturated heterocycles. The summed E-state index contributed by atoms with van der Waals surface area (Å²) in [5, 5.41) is 10.5. The molecular formula is C8H7FN2. The Morgan fingerprint density at radius 2 is 2.27 bits per heavy atom. The van der Waals surface area contributed by atoms with Gasteiger partial charge in [-0.2, -0.15) is 5.26 Å². The molecule has 1 rings (SSSR count). The minimum absolute atomic E-state index is 0.301. The highest BCUT2D eigenvalue weighted by atomic mass is 19.1. The topological polar surface area (TPSA) is 35.8 Å². The van der Waals surface area contributed by atoms with Crippen molar-refractivity contribution in [2.24, 2.45) is 0 Å². The first kappa shape index (κ1) is 7.55. The maximum absolute atomic E-state index is 12.8. The Morgan fingerprint density at radius 1 is 1.55 bits per heavy atom. The van der Waals surface area contributed by atoms with Crippen molar-refractivity contribution in [1.82, 2.24) is 0 Å². The fourth-order valence-corrected chi connectivity index (χ4v) is 0.735. The molecule has 0 aliphatic carbocycles. The summed E-state index contributed by atoms with van der Waals surface area (Å²) in [7, 11) is 0. The molecule has 3 heteroatoms. The summed E-state index contributed by atoms with van der Waals surface area (Å²) in [6, 6.07) is 4.56. The van der Waals surface area contributed by atoms with Gasteiger partial charge in [0.15, 0.2) is 6.19 Å². The van der Waals surface area contributed by atoms with Crippen molar-refractivity contribution < 1.29 is 4.39 Å². The summed E-state index contributed by atoms with van der Waals surface area (Å²) in [6.45, 7) is 1.67. The van der Waals surface area contributed by atoms with Gasteiger partial charge in [0.2, 0.25) is 0 Å². The van der Waals surface area contributed by atoms with Crippen LogP contribution in [0.25, 0.3) is 0 Å². The maximum atomic E-state index is 12.8. The molecule has 0 aliphatic heterocycles. The van der Waals surface area contributed by atoms with E-state index in [1.807, 2.05) is 0 Å². The van der Waals surface area contributed by atoms with Crippen LogP contribution in [-0.4, -0.2) is 0 Å². The molecule has 0 aromatic heterocycles. The smallest absolute Gasteiger partial charge is 0.181 e. The molecule has 56 valence electrons. The van der Waals surface area contributed by atoms with E-state index in [-0.39, 0.29) is 5.82 Å². The quantitative estimate of drug-likeness (QED) is 0.491. The first-order valence-corrected chi connectivity index (χ1v) is 3.15. The summed E-state index contributed by atoms with van der Waals surface area (Å²) >= 11 is 0. The minimum atomic E-state index is -0.301. The van der Waals surface area contributed by atoms with Crippen LogP contribution in [0.4, 0.5) is 10.1 Å². The number of halogens is 1. The molecule has 0 radical (unpaired) electrons. The third-order valence-electron chi connectivity index (χ3n) is 1.37. The highest BCUT2D eigenvalue weighted by Gasteiger charge is 1.96. The number of aryl methyl sites for hydroxylation is 1. The lowest BCUT2D eigenvalue weighted by Crippen LogP contribution is -1.89. The maximum Gasteiger partial charge on any atom is 0.181 e. The number of hydrogen-bond acceptors (Lipinski definition) is 2. The average Bonchev–Trinajstić information content (AvgIpc) is 1.98. The molecule has 0 unspecified atom stereocenters. The number of benzene rings is 1. The van der Waals surface area contributed by atoms with Crippen LogP contribution in [0.1, 0.15) is 5.56 Å². The first-order chi connectivity index (χ1) is 5.24. The summed E-state index contributed by atoms with van der Waals surface area (Å²) in [5.74, 6) is -0.301. The number of hydrogen-bond donors (Lipinski definition) is 1. The monoisotopic (exact) mass is 150 g/mol. The van der Waals surface area contributed by atoms with E-state index in [1.165, 1.54) is 6.07 Å². The van der Waals surface area contributed by atoms with Gasteiger partial charge in [-0.05, 0) is 24.6 Å². The molecule has 0 bridgehead atoms. The fourth-order valence-electron chi connectivity index (χ4n) is 0.735. The summed E-state index contributed by atoms with van der Waals surface area (Å²) < 4.78 is 12.8. The van der Waals surface area contributed by atoms with Crippen molar-refractivity contribution in [3.63, 3.8) is 0 Å². The van der Waals surface area contributed by atoms with E-state index in [2.05, 4.69) is 5.32 Å². The molecule has 1 aromatic rings. The second kappa shape index (κ2) is 3.02. The van der Waals surface area contributed by atoms with Gasteiger partial charge in [-0.25, -0.2) is 4.39 Å². The number of nitrogens with one attached hydrogen (secondary N) is 1.